The molecule has 0 amide bonds. The Morgan fingerprint density at radius 2 is 2.29 bits per heavy atom. The van der Waals surface area contributed by atoms with Crippen LogP contribution in [0, 0.1) is 11.2 Å². The van der Waals surface area contributed by atoms with Gasteiger partial charge in [0.15, 0.2) is 0 Å². The molecule has 1 atom stereocenters. The summed E-state index contributed by atoms with van der Waals surface area (Å²) in [5.74, 6) is -0.161. The second-order valence-corrected chi connectivity index (χ2v) is 5.42. The van der Waals surface area contributed by atoms with Gasteiger partial charge >= 0.3 is 0 Å². The molecule has 0 bridgehead atoms. The largest absolute Gasteiger partial charge is 0.381 e. The molecule has 1 aromatic carbocycles. The standard InChI is InChI=1S/C14H20FNO/c1-14(6-7-17-11-14)10-16(2)9-12-4-3-5-13(15)8-12/h3-5,8H,6-7,9-11H2,1-2H3. The van der Waals surface area contributed by atoms with E-state index in [-0.39, 0.29) is 11.2 Å². The van der Waals surface area contributed by atoms with Crippen molar-refractivity contribution in [3.8, 4) is 0 Å². The summed E-state index contributed by atoms with van der Waals surface area (Å²) in [7, 11) is 2.08. The Balaban J connectivity index is 1.90. The van der Waals surface area contributed by atoms with Crippen molar-refractivity contribution in [1.82, 2.24) is 4.90 Å². The van der Waals surface area contributed by atoms with Crippen molar-refractivity contribution in [3.05, 3.63) is 35.6 Å². The van der Waals surface area contributed by atoms with E-state index in [1.165, 1.54) is 6.07 Å². The molecule has 1 aliphatic heterocycles. The molecule has 2 nitrogen and oxygen atoms in total. The summed E-state index contributed by atoms with van der Waals surface area (Å²) in [4.78, 5) is 2.24. The van der Waals surface area contributed by atoms with Crippen LogP contribution in [0.15, 0.2) is 24.3 Å². The number of rotatable bonds is 4. The molecular formula is C14H20FNO. The summed E-state index contributed by atoms with van der Waals surface area (Å²) in [5.41, 5.74) is 1.28. The predicted molar refractivity (Wildman–Crippen MR) is 66.3 cm³/mol. The third-order valence-corrected chi connectivity index (χ3v) is 3.29. The molecular weight excluding hydrogens is 217 g/mol. The minimum atomic E-state index is -0.161. The minimum Gasteiger partial charge on any atom is -0.381 e. The number of benzene rings is 1. The summed E-state index contributed by atoms with van der Waals surface area (Å²) in [6.45, 7) is 5.73. The molecule has 17 heavy (non-hydrogen) atoms. The van der Waals surface area contributed by atoms with Crippen molar-refractivity contribution in [2.24, 2.45) is 5.41 Å². The van der Waals surface area contributed by atoms with Crippen molar-refractivity contribution in [3.63, 3.8) is 0 Å². The molecule has 0 saturated carbocycles. The van der Waals surface area contributed by atoms with Crippen molar-refractivity contribution >= 4 is 0 Å². The Bertz CT molecular complexity index is 374. The number of hydrogen-bond donors (Lipinski definition) is 0. The molecule has 0 aromatic heterocycles. The Labute approximate surface area is 102 Å². The molecule has 1 aliphatic rings. The molecule has 0 radical (unpaired) electrons. The van der Waals surface area contributed by atoms with E-state index in [9.17, 15) is 4.39 Å². The van der Waals surface area contributed by atoms with E-state index in [0.717, 1.165) is 38.3 Å². The molecule has 1 saturated heterocycles. The number of halogens is 1. The molecule has 3 heteroatoms. The highest BCUT2D eigenvalue weighted by Gasteiger charge is 2.30. The van der Waals surface area contributed by atoms with Crippen LogP contribution in [0.4, 0.5) is 4.39 Å². The molecule has 94 valence electrons. The zero-order chi connectivity index (χ0) is 12.3. The van der Waals surface area contributed by atoms with Gasteiger partial charge in [0.1, 0.15) is 5.82 Å². The van der Waals surface area contributed by atoms with Gasteiger partial charge in [-0.05, 0) is 31.2 Å². The Kier molecular flexibility index (Phi) is 3.79. The van der Waals surface area contributed by atoms with Crippen molar-refractivity contribution in [1.29, 1.82) is 0 Å². The van der Waals surface area contributed by atoms with Gasteiger partial charge < -0.3 is 9.64 Å². The van der Waals surface area contributed by atoms with Crippen LogP contribution in [-0.4, -0.2) is 31.7 Å². The van der Waals surface area contributed by atoms with Crippen LogP contribution in [-0.2, 0) is 11.3 Å². The molecule has 0 spiro atoms. The quantitative estimate of drug-likeness (QED) is 0.798. The van der Waals surface area contributed by atoms with Gasteiger partial charge in [0.2, 0.25) is 0 Å². The Morgan fingerprint density at radius 1 is 1.47 bits per heavy atom. The molecule has 2 rings (SSSR count). The number of nitrogens with zero attached hydrogens (tertiary/aromatic N) is 1. The van der Waals surface area contributed by atoms with Crippen LogP contribution in [0.1, 0.15) is 18.9 Å². The van der Waals surface area contributed by atoms with Crippen LogP contribution >= 0.6 is 0 Å². The zero-order valence-electron chi connectivity index (χ0n) is 10.6. The van der Waals surface area contributed by atoms with Gasteiger partial charge in [-0.3, -0.25) is 0 Å². The van der Waals surface area contributed by atoms with Gasteiger partial charge in [0.05, 0.1) is 6.61 Å². The van der Waals surface area contributed by atoms with Gasteiger partial charge in [-0.2, -0.15) is 0 Å². The maximum absolute atomic E-state index is 13.1. The lowest BCUT2D eigenvalue weighted by molar-refractivity contribution is 0.130. The highest BCUT2D eigenvalue weighted by atomic mass is 19.1. The molecule has 0 aliphatic carbocycles. The minimum absolute atomic E-state index is 0.161. The van der Waals surface area contributed by atoms with Crippen molar-refractivity contribution < 1.29 is 9.13 Å². The smallest absolute Gasteiger partial charge is 0.123 e. The average Bonchev–Trinajstić information content (AvgIpc) is 2.64. The van der Waals surface area contributed by atoms with Gasteiger partial charge in [-0.15, -0.1) is 0 Å². The van der Waals surface area contributed by atoms with Crippen LogP contribution in [0.25, 0.3) is 0 Å². The van der Waals surface area contributed by atoms with Crippen LogP contribution in [0.3, 0.4) is 0 Å². The average molecular weight is 237 g/mol. The van der Waals surface area contributed by atoms with Crippen LogP contribution in [0.2, 0.25) is 0 Å². The van der Waals surface area contributed by atoms with Gasteiger partial charge in [0, 0.05) is 25.1 Å². The summed E-state index contributed by atoms with van der Waals surface area (Å²) in [6.07, 6.45) is 1.11. The van der Waals surface area contributed by atoms with Crippen LogP contribution in [0.5, 0.6) is 0 Å². The lowest BCUT2D eigenvalue weighted by atomic mass is 9.89. The van der Waals surface area contributed by atoms with Gasteiger partial charge in [0.25, 0.3) is 0 Å². The van der Waals surface area contributed by atoms with E-state index in [0.29, 0.717) is 0 Å². The Hall–Kier alpha value is -0.930. The molecule has 1 heterocycles. The summed E-state index contributed by atoms with van der Waals surface area (Å²) in [6, 6.07) is 6.81. The third kappa shape index (κ3) is 3.51. The molecule has 0 N–H and O–H groups in total. The second-order valence-electron chi connectivity index (χ2n) is 5.42. The lowest BCUT2D eigenvalue weighted by Crippen LogP contribution is -2.33. The molecule has 1 unspecified atom stereocenters. The SMILES string of the molecule is CN(Cc1cccc(F)c1)CC1(C)CCOC1. The third-order valence-electron chi connectivity index (χ3n) is 3.29. The second kappa shape index (κ2) is 5.15. The predicted octanol–water partition coefficient (Wildman–Crippen LogP) is 2.68. The maximum atomic E-state index is 13.1. The van der Waals surface area contributed by atoms with Crippen molar-refractivity contribution in [2.45, 2.75) is 19.9 Å². The normalized spacial score (nSPS) is 24.5. The monoisotopic (exact) mass is 237 g/mol. The molecule has 1 aromatic rings. The van der Waals surface area contributed by atoms with E-state index in [1.54, 1.807) is 12.1 Å². The zero-order valence-corrected chi connectivity index (χ0v) is 10.6. The van der Waals surface area contributed by atoms with E-state index < -0.39 is 0 Å². The highest BCUT2D eigenvalue weighted by Crippen LogP contribution is 2.28. The summed E-state index contributed by atoms with van der Waals surface area (Å²) >= 11 is 0. The fraction of sp³-hybridized carbons (Fsp3) is 0.571. The van der Waals surface area contributed by atoms with Crippen molar-refractivity contribution in [2.75, 3.05) is 26.8 Å². The first-order chi connectivity index (χ1) is 8.07. The maximum Gasteiger partial charge on any atom is 0.123 e. The summed E-state index contributed by atoms with van der Waals surface area (Å²) < 4.78 is 18.5. The number of ether oxygens (including phenoxy) is 1. The number of hydrogen-bond acceptors (Lipinski definition) is 2. The molecule has 1 fully saturated rings. The topological polar surface area (TPSA) is 12.5 Å². The first-order valence-corrected chi connectivity index (χ1v) is 6.08. The fourth-order valence-electron chi connectivity index (χ4n) is 2.49. The summed E-state index contributed by atoms with van der Waals surface area (Å²) in [5, 5.41) is 0. The Morgan fingerprint density at radius 3 is 2.94 bits per heavy atom. The van der Waals surface area contributed by atoms with Gasteiger partial charge in [-0.25, -0.2) is 4.39 Å². The van der Waals surface area contributed by atoms with Crippen LogP contribution < -0.4 is 0 Å². The first-order valence-electron chi connectivity index (χ1n) is 6.08. The van der Waals surface area contributed by atoms with Gasteiger partial charge in [-0.1, -0.05) is 19.1 Å². The highest BCUT2D eigenvalue weighted by molar-refractivity contribution is 5.16. The van der Waals surface area contributed by atoms with E-state index in [4.69, 9.17) is 4.74 Å². The van der Waals surface area contributed by atoms with E-state index in [2.05, 4.69) is 18.9 Å². The van der Waals surface area contributed by atoms with E-state index in [1.807, 2.05) is 6.07 Å². The van der Waals surface area contributed by atoms with E-state index >= 15 is 0 Å². The lowest BCUT2D eigenvalue weighted by Gasteiger charge is -2.28. The first kappa shape index (κ1) is 12.5. The fourth-order valence-corrected chi connectivity index (χ4v) is 2.49.